The van der Waals surface area contributed by atoms with Gasteiger partial charge in [0.1, 0.15) is 0 Å². The summed E-state index contributed by atoms with van der Waals surface area (Å²) in [6.45, 7) is 0. The number of rotatable bonds is 2. The fourth-order valence-corrected chi connectivity index (χ4v) is 1.77. The molecular weight excluding hydrogens is 188 g/mol. The Hall–Kier alpha value is -1.02. The first-order valence-electron chi connectivity index (χ1n) is 4.17. The van der Waals surface area contributed by atoms with Gasteiger partial charge in [0.05, 0.1) is 5.92 Å². The molecule has 1 aliphatic carbocycles. The molecule has 0 saturated heterocycles. The first kappa shape index (κ1) is 8.57. The van der Waals surface area contributed by atoms with Crippen LogP contribution in [0.3, 0.4) is 0 Å². The van der Waals surface area contributed by atoms with Crippen molar-refractivity contribution in [1.82, 2.24) is 0 Å². The van der Waals surface area contributed by atoms with Gasteiger partial charge in [-0.25, -0.2) is 0 Å². The van der Waals surface area contributed by atoms with Crippen LogP contribution in [-0.2, 0) is 4.79 Å². The van der Waals surface area contributed by atoms with Crippen LogP contribution in [0, 0.1) is 5.92 Å². The van der Waals surface area contributed by atoms with Crippen LogP contribution in [0.2, 0.25) is 5.02 Å². The van der Waals surface area contributed by atoms with E-state index in [9.17, 15) is 4.79 Å². The second-order valence-corrected chi connectivity index (χ2v) is 3.78. The highest BCUT2D eigenvalue weighted by molar-refractivity contribution is 6.30. The van der Waals surface area contributed by atoms with E-state index >= 15 is 0 Å². The molecule has 1 N–H and O–H groups in total. The van der Waals surface area contributed by atoms with E-state index in [-0.39, 0.29) is 11.8 Å². The molecule has 0 heterocycles. The lowest BCUT2D eigenvalue weighted by molar-refractivity contribution is -0.138. The van der Waals surface area contributed by atoms with Crippen molar-refractivity contribution in [3.8, 4) is 0 Å². The van der Waals surface area contributed by atoms with Gasteiger partial charge < -0.3 is 5.11 Å². The zero-order valence-electron chi connectivity index (χ0n) is 6.90. The number of carboxylic acid groups (broad SMARTS) is 1. The largest absolute Gasteiger partial charge is 0.481 e. The monoisotopic (exact) mass is 196 g/mol. The van der Waals surface area contributed by atoms with Crippen LogP contribution < -0.4 is 0 Å². The van der Waals surface area contributed by atoms with Crippen LogP contribution >= 0.6 is 11.6 Å². The van der Waals surface area contributed by atoms with Crippen LogP contribution in [0.5, 0.6) is 0 Å². The highest BCUT2D eigenvalue weighted by Gasteiger charge is 2.44. The van der Waals surface area contributed by atoms with Crippen LogP contribution in [0.4, 0.5) is 0 Å². The normalized spacial score (nSPS) is 25.6. The molecule has 2 rings (SSSR count). The van der Waals surface area contributed by atoms with Crippen molar-refractivity contribution in [3.63, 3.8) is 0 Å². The maximum atomic E-state index is 10.6. The Bertz CT molecular complexity index is 349. The molecule has 1 aromatic carbocycles. The molecule has 0 aromatic heterocycles. The minimum Gasteiger partial charge on any atom is -0.481 e. The first-order valence-corrected chi connectivity index (χ1v) is 4.54. The summed E-state index contributed by atoms with van der Waals surface area (Å²) in [4.78, 5) is 10.6. The van der Waals surface area contributed by atoms with Crippen molar-refractivity contribution < 1.29 is 9.90 Å². The maximum Gasteiger partial charge on any atom is 0.307 e. The molecular formula is C10H9ClO2. The molecule has 2 nitrogen and oxygen atoms in total. The Kier molecular flexibility index (Phi) is 2.00. The molecule has 1 fully saturated rings. The fraction of sp³-hybridized carbons (Fsp3) is 0.300. The fourth-order valence-electron chi connectivity index (χ4n) is 1.57. The summed E-state index contributed by atoms with van der Waals surface area (Å²) in [5.74, 6) is -0.723. The molecule has 1 unspecified atom stereocenters. The Labute approximate surface area is 81.1 Å². The molecule has 1 aliphatic rings. The molecule has 0 bridgehead atoms. The van der Waals surface area contributed by atoms with E-state index in [2.05, 4.69) is 0 Å². The number of carboxylic acids is 1. The second-order valence-electron chi connectivity index (χ2n) is 3.34. The predicted octanol–water partition coefficient (Wildman–Crippen LogP) is 2.53. The molecule has 1 aromatic rings. The average Bonchev–Trinajstić information content (AvgIpc) is 2.82. The number of hydrogen-bond donors (Lipinski definition) is 1. The summed E-state index contributed by atoms with van der Waals surface area (Å²) < 4.78 is 0. The second kappa shape index (κ2) is 3.04. The van der Waals surface area contributed by atoms with Gasteiger partial charge in [-0.2, -0.15) is 0 Å². The molecule has 13 heavy (non-hydrogen) atoms. The molecule has 0 spiro atoms. The Morgan fingerprint density at radius 2 is 2.31 bits per heavy atom. The third-order valence-corrected chi connectivity index (χ3v) is 2.62. The van der Waals surface area contributed by atoms with Crippen molar-refractivity contribution in [1.29, 1.82) is 0 Å². The standard InChI is InChI=1S/C10H9ClO2/c11-7-3-1-2-6(4-7)8-5-9(8)10(12)13/h1-4,8-9H,5H2,(H,12,13)/t8?,9-/m1/s1. The Balaban J connectivity index is 2.16. The van der Waals surface area contributed by atoms with E-state index in [1.807, 2.05) is 18.2 Å². The molecule has 0 radical (unpaired) electrons. The van der Waals surface area contributed by atoms with E-state index in [4.69, 9.17) is 16.7 Å². The minimum absolute atomic E-state index is 0.177. The van der Waals surface area contributed by atoms with Crippen LogP contribution in [0.1, 0.15) is 17.9 Å². The zero-order chi connectivity index (χ0) is 9.42. The van der Waals surface area contributed by atoms with Gasteiger partial charge in [-0.15, -0.1) is 0 Å². The molecule has 0 amide bonds. The highest BCUT2D eigenvalue weighted by atomic mass is 35.5. The first-order chi connectivity index (χ1) is 6.18. The van der Waals surface area contributed by atoms with Crippen molar-refractivity contribution in [3.05, 3.63) is 34.9 Å². The molecule has 0 aliphatic heterocycles. The van der Waals surface area contributed by atoms with E-state index in [0.29, 0.717) is 5.02 Å². The predicted molar refractivity (Wildman–Crippen MR) is 49.9 cm³/mol. The summed E-state index contributed by atoms with van der Waals surface area (Å²) >= 11 is 5.80. The summed E-state index contributed by atoms with van der Waals surface area (Å²) in [5, 5.41) is 9.40. The van der Waals surface area contributed by atoms with Gasteiger partial charge in [0.25, 0.3) is 0 Å². The van der Waals surface area contributed by atoms with E-state index in [1.165, 1.54) is 0 Å². The zero-order valence-corrected chi connectivity index (χ0v) is 7.66. The third kappa shape index (κ3) is 1.68. The molecule has 68 valence electrons. The molecule has 3 heteroatoms. The van der Waals surface area contributed by atoms with Gasteiger partial charge in [0.2, 0.25) is 0 Å². The highest BCUT2D eigenvalue weighted by Crippen LogP contribution is 2.47. The smallest absolute Gasteiger partial charge is 0.307 e. The number of aliphatic carboxylic acids is 1. The summed E-state index contributed by atoms with van der Waals surface area (Å²) in [7, 11) is 0. The molecule has 1 saturated carbocycles. The number of hydrogen-bond acceptors (Lipinski definition) is 1. The van der Waals surface area contributed by atoms with Crippen molar-refractivity contribution in [2.75, 3.05) is 0 Å². The van der Waals surface area contributed by atoms with Gasteiger partial charge in [0, 0.05) is 5.02 Å². The van der Waals surface area contributed by atoms with Gasteiger partial charge in [-0.3, -0.25) is 4.79 Å². The van der Waals surface area contributed by atoms with E-state index in [1.54, 1.807) is 6.07 Å². The average molecular weight is 197 g/mol. The SMILES string of the molecule is O=C(O)[C@@H]1CC1c1cccc(Cl)c1. The van der Waals surface area contributed by atoms with Gasteiger partial charge in [0.15, 0.2) is 0 Å². The Morgan fingerprint density at radius 1 is 1.54 bits per heavy atom. The van der Waals surface area contributed by atoms with E-state index < -0.39 is 5.97 Å². The van der Waals surface area contributed by atoms with Crippen LogP contribution in [0.25, 0.3) is 0 Å². The van der Waals surface area contributed by atoms with Gasteiger partial charge in [-0.05, 0) is 30.0 Å². The summed E-state index contributed by atoms with van der Waals surface area (Å²) in [6.07, 6.45) is 0.746. The Morgan fingerprint density at radius 3 is 2.85 bits per heavy atom. The topological polar surface area (TPSA) is 37.3 Å². The van der Waals surface area contributed by atoms with E-state index in [0.717, 1.165) is 12.0 Å². The quantitative estimate of drug-likeness (QED) is 0.789. The lowest BCUT2D eigenvalue weighted by Gasteiger charge is -1.98. The number of carbonyl (C=O) groups is 1. The maximum absolute atomic E-state index is 10.6. The number of benzene rings is 1. The molecule has 2 atom stereocenters. The lowest BCUT2D eigenvalue weighted by atomic mass is 10.1. The summed E-state index contributed by atoms with van der Waals surface area (Å²) in [6, 6.07) is 7.42. The summed E-state index contributed by atoms with van der Waals surface area (Å²) in [5.41, 5.74) is 1.04. The van der Waals surface area contributed by atoms with Crippen molar-refractivity contribution in [2.45, 2.75) is 12.3 Å². The minimum atomic E-state index is -0.704. The van der Waals surface area contributed by atoms with Crippen LogP contribution in [-0.4, -0.2) is 11.1 Å². The van der Waals surface area contributed by atoms with Gasteiger partial charge >= 0.3 is 5.97 Å². The van der Waals surface area contributed by atoms with Gasteiger partial charge in [-0.1, -0.05) is 23.7 Å². The number of halogens is 1. The lowest BCUT2D eigenvalue weighted by Crippen LogP contribution is -1.98. The third-order valence-electron chi connectivity index (χ3n) is 2.38. The van der Waals surface area contributed by atoms with Crippen molar-refractivity contribution in [2.24, 2.45) is 5.92 Å². The van der Waals surface area contributed by atoms with Crippen LogP contribution in [0.15, 0.2) is 24.3 Å². The van der Waals surface area contributed by atoms with Crippen molar-refractivity contribution >= 4 is 17.6 Å².